The number of ketones is 1. The van der Waals surface area contributed by atoms with Crippen molar-refractivity contribution in [3.63, 3.8) is 0 Å². The van der Waals surface area contributed by atoms with Crippen LogP contribution in [0.3, 0.4) is 0 Å². The summed E-state index contributed by atoms with van der Waals surface area (Å²) in [5.41, 5.74) is 2.79. The van der Waals surface area contributed by atoms with Gasteiger partial charge in [-0.2, -0.15) is 0 Å². The molecule has 1 N–H and O–H groups in total. The Bertz CT molecular complexity index is 845. The third-order valence-electron chi connectivity index (χ3n) is 3.46. The Hall–Kier alpha value is -2.68. The van der Waals surface area contributed by atoms with Gasteiger partial charge in [0, 0.05) is 22.2 Å². The summed E-state index contributed by atoms with van der Waals surface area (Å²) in [6.45, 7) is 1.87. The van der Waals surface area contributed by atoms with E-state index in [1.807, 2.05) is 31.2 Å². The van der Waals surface area contributed by atoms with Crippen LogP contribution in [0.4, 0.5) is 4.39 Å². The first-order valence-electron chi connectivity index (χ1n) is 6.71. The molecule has 0 saturated heterocycles. The van der Waals surface area contributed by atoms with E-state index in [2.05, 4.69) is 4.98 Å². The number of hydrogen-bond acceptors (Lipinski definition) is 1. The number of H-pyrrole nitrogens is 1. The molecule has 0 fully saturated rings. The zero-order valence-electron chi connectivity index (χ0n) is 11.6. The highest BCUT2D eigenvalue weighted by atomic mass is 19.1. The van der Waals surface area contributed by atoms with Crippen molar-refractivity contribution in [3.8, 4) is 0 Å². The number of para-hydroxylation sites is 1. The van der Waals surface area contributed by atoms with Gasteiger partial charge in [0.05, 0.1) is 5.56 Å². The molecule has 2 aromatic carbocycles. The molecule has 0 radical (unpaired) electrons. The Kier molecular flexibility index (Phi) is 3.40. The van der Waals surface area contributed by atoms with Gasteiger partial charge in [0.15, 0.2) is 5.78 Å². The Morgan fingerprint density at radius 1 is 1.10 bits per heavy atom. The molecule has 3 aromatic rings. The summed E-state index contributed by atoms with van der Waals surface area (Å²) in [5.74, 6) is -0.467. The number of aromatic amines is 1. The molecule has 2 nitrogen and oxygen atoms in total. The van der Waals surface area contributed by atoms with Crippen LogP contribution >= 0.6 is 0 Å². The molecule has 0 unspecified atom stereocenters. The highest BCUT2D eigenvalue weighted by Crippen LogP contribution is 2.23. The number of aromatic nitrogens is 1. The summed E-state index contributed by atoms with van der Waals surface area (Å²) in [5, 5.41) is 0.887. The van der Waals surface area contributed by atoms with Crippen LogP contribution in [-0.4, -0.2) is 10.8 Å². The van der Waals surface area contributed by atoms with E-state index in [-0.39, 0.29) is 11.6 Å². The van der Waals surface area contributed by atoms with Crippen molar-refractivity contribution in [3.05, 3.63) is 77.2 Å². The van der Waals surface area contributed by atoms with Crippen molar-refractivity contribution in [2.24, 2.45) is 0 Å². The van der Waals surface area contributed by atoms with E-state index >= 15 is 0 Å². The zero-order chi connectivity index (χ0) is 14.8. The standard InChI is InChI=1S/C18H14FNO/c1-12-18(14-7-3-5-9-16(14)20-12)17(21)11-10-13-6-2-4-8-15(13)19/h2-11,20H,1H3/b11-10+. The molecular weight excluding hydrogens is 265 g/mol. The summed E-state index contributed by atoms with van der Waals surface area (Å²) in [4.78, 5) is 15.6. The maximum atomic E-state index is 13.5. The molecule has 104 valence electrons. The maximum Gasteiger partial charge on any atom is 0.188 e. The quantitative estimate of drug-likeness (QED) is 0.555. The number of benzene rings is 2. The molecule has 21 heavy (non-hydrogen) atoms. The second kappa shape index (κ2) is 5.37. The van der Waals surface area contributed by atoms with E-state index < -0.39 is 0 Å². The highest BCUT2D eigenvalue weighted by Gasteiger charge is 2.13. The normalized spacial score (nSPS) is 11.3. The monoisotopic (exact) mass is 279 g/mol. The van der Waals surface area contributed by atoms with Crippen molar-refractivity contribution < 1.29 is 9.18 Å². The smallest absolute Gasteiger partial charge is 0.188 e. The van der Waals surface area contributed by atoms with Crippen molar-refractivity contribution in [2.45, 2.75) is 6.92 Å². The largest absolute Gasteiger partial charge is 0.358 e. The minimum Gasteiger partial charge on any atom is -0.358 e. The van der Waals surface area contributed by atoms with Crippen LogP contribution in [0.1, 0.15) is 21.6 Å². The van der Waals surface area contributed by atoms with Crippen molar-refractivity contribution >= 4 is 22.8 Å². The maximum absolute atomic E-state index is 13.5. The fourth-order valence-corrected chi connectivity index (χ4v) is 2.45. The van der Waals surface area contributed by atoms with Gasteiger partial charge in [-0.3, -0.25) is 4.79 Å². The molecule has 1 heterocycles. The lowest BCUT2D eigenvalue weighted by molar-refractivity contribution is 0.104. The van der Waals surface area contributed by atoms with Gasteiger partial charge in [0.1, 0.15) is 5.82 Å². The van der Waals surface area contributed by atoms with Crippen LogP contribution in [0.25, 0.3) is 17.0 Å². The number of carbonyl (C=O) groups is 1. The Morgan fingerprint density at radius 3 is 2.62 bits per heavy atom. The number of nitrogens with one attached hydrogen (secondary N) is 1. The van der Waals surface area contributed by atoms with E-state index in [0.29, 0.717) is 11.1 Å². The van der Waals surface area contributed by atoms with Gasteiger partial charge < -0.3 is 4.98 Å². The van der Waals surface area contributed by atoms with Gasteiger partial charge in [0.25, 0.3) is 0 Å². The third kappa shape index (κ3) is 2.50. The molecule has 0 atom stereocenters. The van der Waals surface area contributed by atoms with Gasteiger partial charge in [-0.05, 0) is 31.2 Å². The molecular formula is C18H14FNO. The fraction of sp³-hybridized carbons (Fsp3) is 0.0556. The first-order valence-corrected chi connectivity index (χ1v) is 6.71. The van der Waals surface area contributed by atoms with Crippen molar-refractivity contribution in [2.75, 3.05) is 0 Å². The summed E-state index contributed by atoms with van der Waals surface area (Å²) >= 11 is 0. The topological polar surface area (TPSA) is 32.9 Å². The number of hydrogen-bond donors (Lipinski definition) is 1. The molecule has 0 bridgehead atoms. The van der Waals surface area contributed by atoms with E-state index in [1.54, 1.807) is 18.2 Å². The van der Waals surface area contributed by atoms with Crippen LogP contribution in [0.2, 0.25) is 0 Å². The second-order valence-corrected chi connectivity index (χ2v) is 4.89. The predicted molar refractivity (Wildman–Crippen MR) is 82.8 cm³/mol. The molecule has 1 aromatic heterocycles. The average molecular weight is 279 g/mol. The molecule has 0 spiro atoms. The molecule has 0 saturated carbocycles. The van der Waals surface area contributed by atoms with E-state index in [0.717, 1.165) is 16.6 Å². The first kappa shape index (κ1) is 13.3. The minimum atomic E-state index is -0.336. The first-order chi connectivity index (χ1) is 10.2. The van der Waals surface area contributed by atoms with Crippen LogP contribution < -0.4 is 0 Å². The van der Waals surface area contributed by atoms with Gasteiger partial charge in [-0.1, -0.05) is 36.4 Å². The van der Waals surface area contributed by atoms with Crippen LogP contribution in [0.5, 0.6) is 0 Å². The molecule has 3 rings (SSSR count). The van der Waals surface area contributed by atoms with Gasteiger partial charge >= 0.3 is 0 Å². The number of aryl methyl sites for hydroxylation is 1. The lowest BCUT2D eigenvalue weighted by atomic mass is 10.1. The zero-order valence-corrected chi connectivity index (χ0v) is 11.6. The minimum absolute atomic E-state index is 0.131. The Labute approximate surface area is 121 Å². The predicted octanol–water partition coefficient (Wildman–Crippen LogP) is 4.51. The molecule has 0 aliphatic carbocycles. The van der Waals surface area contributed by atoms with Crippen LogP contribution in [0, 0.1) is 12.7 Å². The van der Waals surface area contributed by atoms with Gasteiger partial charge in [-0.15, -0.1) is 0 Å². The third-order valence-corrected chi connectivity index (χ3v) is 3.46. The Balaban J connectivity index is 1.98. The summed E-state index contributed by atoms with van der Waals surface area (Å²) < 4.78 is 13.5. The Morgan fingerprint density at radius 2 is 1.81 bits per heavy atom. The summed E-state index contributed by atoms with van der Waals surface area (Å²) in [6.07, 6.45) is 2.93. The van der Waals surface area contributed by atoms with Crippen LogP contribution in [-0.2, 0) is 0 Å². The molecule has 3 heteroatoms. The number of halogens is 1. The highest BCUT2D eigenvalue weighted by molar-refractivity contribution is 6.15. The molecule has 0 amide bonds. The SMILES string of the molecule is Cc1[nH]c2ccccc2c1C(=O)/C=C/c1ccccc1F. The number of rotatable bonds is 3. The number of allylic oxidation sites excluding steroid dienone is 1. The lowest BCUT2D eigenvalue weighted by Crippen LogP contribution is -1.95. The van der Waals surface area contributed by atoms with E-state index in [4.69, 9.17) is 0 Å². The van der Waals surface area contributed by atoms with E-state index in [1.165, 1.54) is 18.2 Å². The van der Waals surface area contributed by atoms with Crippen molar-refractivity contribution in [1.82, 2.24) is 4.98 Å². The lowest BCUT2D eigenvalue weighted by Gasteiger charge is -1.97. The van der Waals surface area contributed by atoms with E-state index in [9.17, 15) is 9.18 Å². The van der Waals surface area contributed by atoms with Crippen molar-refractivity contribution in [1.29, 1.82) is 0 Å². The molecule has 0 aliphatic heterocycles. The van der Waals surface area contributed by atoms with Gasteiger partial charge in [-0.25, -0.2) is 4.39 Å². The average Bonchev–Trinajstić information content (AvgIpc) is 2.82. The summed E-state index contributed by atoms with van der Waals surface area (Å²) in [7, 11) is 0. The number of fused-ring (bicyclic) bond motifs is 1. The molecule has 0 aliphatic rings. The summed E-state index contributed by atoms with van der Waals surface area (Å²) in [6, 6.07) is 14.0. The number of carbonyl (C=O) groups excluding carboxylic acids is 1. The second-order valence-electron chi connectivity index (χ2n) is 4.89. The van der Waals surface area contributed by atoms with Crippen LogP contribution in [0.15, 0.2) is 54.6 Å². The van der Waals surface area contributed by atoms with Gasteiger partial charge in [0.2, 0.25) is 0 Å². The fourth-order valence-electron chi connectivity index (χ4n) is 2.45.